The minimum absolute atomic E-state index is 0.202. The maximum Gasteiger partial charge on any atom is 0.240 e. The number of hydrogen-bond donors (Lipinski definition) is 2. The molecule has 1 amide bonds. The van der Waals surface area contributed by atoms with Gasteiger partial charge in [-0.3, -0.25) is 4.79 Å². The predicted octanol–water partition coefficient (Wildman–Crippen LogP) is 2.07. The molecule has 1 unspecified atom stereocenters. The first kappa shape index (κ1) is 12.9. The maximum absolute atomic E-state index is 12.1. The van der Waals surface area contributed by atoms with Crippen LogP contribution in [0.15, 0.2) is 0 Å². The van der Waals surface area contributed by atoms with E-state index < -0.39 is 0 Å². The Morgan fingerprint density at radius 1 is 1.35 bits per heavy atom. The number of rotatable bonds is 3. The zero-order valence-electron chi connectivity index (χ0n) is 11.2. The summed E-state index contributed by atoms with van der Waals surface area (Å²) in [5.41, 5.74) is -0.304. The fourth-order valence-corrected chi connectivity index (χ4v) is 3.05. The van der Waals surface area contributed by atoms with E-state index in [4.69, 9.17) is 0 Å². The van der Waals surface area contributed by atoms with Crippen LogP contribution < -0.4 is 10.6 Å². The lowest BCUT2D eigenvalue weighted by molar-refractivity contribution is -0.126. The number of nitrogens with one attached hydrogen (secondary N) is 2. The van der Waals surface area contributed by atoms with Gasteiger partial charge in [0.1, 0.15) is 0 Å². The van der Waals surface area contributed by atoms with Crippen LogP contribution in [0.25, 0.3) is 0 Å². The quantitative estimate of drug-likeness (QED) is 0.790. The first-order valence-electron chi connectivity index (χ1n) is 7.13. The van der Waals surface area contributed by atoms with Crippen LogP contribution >= 0.6 is 0 Å². The highest BCUT2D eigenvalue weighted by Gasteiger charge is 2.35. The molecule has 2 N–H and O–H groups in total. The van der Waals surface area contributed by atoms with Gasteiger partial charge in [-0.1, -0.05) is 19.8 Å². The van der Waals surface area contributed by atoms with E-state index in [0.717, 1.165) is 31.8 Å². The van der Waals surface area contributed by atoms with E-state index in [0.29, 0.717) is 5.92 Å². The second kappa shape index (κ2) is 5.38. The lowest BCUT2D eigenvalue weighted by Crippen LogP contribution is -2.52. The molecular weight excluding hydrogens is 212 g/mol. The normalized spacial score (nSPS) is 38.0. The molecule has 1 heterocycles. The van der Waals surface area contributed by atoms with E-state index in [9.17, 15) is 4.79 Å². The predicted molar refractivity (Wildman–Crippen MR) is 69.8 cm³/mol. The van der Waals surface area contributed by atoms with Crippen LogP contribution in [0.2, 0.25) is 0 Å². The molecule has 0 spiro atoms. The fourth-order valence-electron chi connectivity index (χ4n) is 3.05. The largest absolute Gasteiger partial charge is 0.354 e. The molecule has 3 nitrogen and oxygen atoms in total. The number of carbonyl (C=O) groups is 1. The van der Waals surface area contributed by atoms with Crippen molar-refractivity contribution in [3.8, 4) is 0 Å². The third kappa shape index (κ3) is 3.21. The van der Waals surface area contributed by atoms with Crippen molar-refractivity contribution in [3.05, 3.63) is 0 Å². The minimum atomic E-state index is -0.304. The molecule has 2 aliphatic rings. The highest BCUT2D eigenvalue weighted by Crippen LogP contribution is 2.28. The second-order valence-corrected chi connectivity index (χ2v) is 6.20. The Kier molecular flexibility index (Phi) is 4.08. The topological polar surface area (TPSA) is 41.1 Å². The number of amides is 1. The summed E-state index contributed by atoms with van der Waals surface area (Å²) < 4.78 is 0. The highest BCUT2D eigenvalue weighted by molar-refractivity contribution is 5.86. The van der Waals surface area contributed by atoms with Crippen molar-refractivity contribution in [2.45, 2.75) is 57.9 Å². The van der Waals surface area contributed by atoms with Gasteiger partial charge in [0.15, 0.2) is 0 Å². The summed E-state index contributed by atoms with van der Waals surface area (Å²) in [6.45, 7) is 6.21. The molecule has 0 aromatic rings. The van der Waals surface area contributed by atoms with Gasteiger partial charge in [-0.2, -0.15) is 0 Å². The minimum Gasteiger partial charge on any atom is -0.354 e. The molecule has 17 heavy (non-hydrogen) atoms. The third-order valence-electron chi connectivity index (χ3n) is 4.56. The Balaban J connectivity index is 1.72. The van der Waals surface area contributed by atoms with Gasteiger partial charge in [0, 0.05) is 6.54 Å². The Morgan fingerprint density at radius 3 is 2.65 bits per heavy atom. The molecule has 1 aliphatic heterocycles. The van der Waals surface area contributed by atoms with Crippen LogP contribution in [-0.4, -0.2) is 24.5 Å². The van der Waals surface area contributed by atoms with Gasteiger partial charge in [0.05, 0.1) is 5.54 Å². The van der Waals surface area contributed by atoms with Crippen molar-refractivity contribution in [1.82, 2.24) is 10.6 Å². The molecule has 1 saturated carbocycles. The molecule has 0 radical (unpaired) electrons. The SMILES string of the molecule is CC1CCC(CNC(=O)C2(C)CCCN2)CC1. The lowest BCUT2D eigenvalue weighted by atomic mass is 9.83. The van der Waals surface area contributed by atoms with Crippen LogP contribution in [0.5, 0.6) is 0 Å². The zero-order chi connectivity index (χ0) is 12.3. The maximum atomic E-state index is 12.1. The number of carbonyl (C=O) groups excluding carboxylic acids is 1. The van der Waals surface area contributed by atoms with Crippen LogP contribution in [-0.2, 0) is 4.79 Å². The summed E-state index contributed by atoms with van der Waals surface area (Å²) in [7, 11) is 0. The van der Waals surface area contributed by atoms with Crippen molar-refractivity contribution in [2.24, 2.45) is 11.8 Å². The molecule has 1 aliphatic carbocycles. The molecule has 3 heteroatoms. The molecule has 2 rings (SSSR count). The van der Waals surface area contributed by atoms with Crippen molar-refractivity contribution in [3.63, 3.8) is 0 Å². The Morgan fingerprint density at radius 2 is 2.06 bits per heavy atom. The third-order valence-corrected chi connectivity index (χ3v) is 4.56. The van der Waals surface area contributed by atoms with Gasteiger partial charge in [-0.15, -0.1) is 0 Å². The van der Waals surface area contributed by atoms with E-state index >= 15 is 0 Å². The smallest absolute Gasteiger partial charge is 0.240 e. The van der Waals surface area contributed by atoms with E-state index in [2.05, 4.69) is 17.6 Å². The number of hydrogen-bond acceptors (Lipinski definition) is 2. The van der Waals surface area contributed by atoms with E-state index in [-0.39, 0.29) is 11.4 Å². The first-order valence-corrected chi connectivity index (χ1v) is 7.13. The molecule has 1 atom stereocenters. The van der Waals surface area contributed by atoms with Crippen LogP contribution in [0.3, 0.4) is 0 Å². The van der Waals surface area contributed by atoms with E-state index in [1.807, 2.05) is 6.92 Å². The average molecular weight is 238 g/mol. The average Bonchev–Trinajstić information content (AvgIpc) is 2.76. The van der Waals surface area contributed by atoms with Crippen molar-refractivity contribution < 1.29 is 4.79 Å². The zero-order valence-corrected chi connectivity index (χ0v) is 11.2. The molecule has 0 bridgehead atoms. The van der Waals surface area contributed by atoms with Gasteiger partial charge in [0.2, 0.25) is 5.91 Å². The summed E-state index contributed by atoms with van der Waals surface area (Å²) in [6.07, 6.45) is 7.31. The van der Waals surface area contributed by atoms with Gasteiger partial charge >= 0.3 is 0 Å². The summed E-state index contributed by atoms with van der Waals surface area (Å²) in [6, 6.07) is 0. The van der Waals surface area contributed by atoms with E-state index in [1.54, 1.807) is 0 Å². The van der Waals surface area contributed by atoms with Gasteiger partial charge < -0.3 is 10.6 Å². The van der Waals surface area contributed by atoms with E-state index in [1.165, 1.54) is 25.7 Å². The molecule has 1 saturated heterocycles. The lowest BCUT2D eigenvalue weighted by Gasteiger charge is -2.28. The van der Waals surface area contributed by atoms with Crippen molar-refractivity contribution in [1.29, 1.82) is 0 Å². The molecule has 2 fully saturated rings. The van der Waals surface area contributed by atoms with Gasteiger partial charge in [-0.05, 0) is 51.0 Å². The van der Waals surface area contributed by atoms with Crippen LogP contribution in [0.1, 0.15) is 52.4 Å². The second-order valence-electron chi connectivity index (χ2n) is 6.20. The summed E-state index contributed by atoms with van der Waals surface area (Å²) >= 11 is 0. The first-order chi connectivity index (χ1) is 8.10. The van der Waals surface area contributed by atoms with Crippen LogP contribution in [0.4, 0.5) is 0 Å². The Hall–Kier alpha value is -0.570. The highest BCUT2D eigenvalue weighted by atomic mass is 16.2. The monoisotopic (exact) mass is 238 g/mol. The summed E-state index contributed by atoms with van der Waals surface area (Å²) in [5, 5.41) is 6.46. The summed E-state index contributed by atoms with van der Waals surface area (Å²) in [4.78, 5) is 12.1. The Bertz CT molecular complexity index is 263. The standard InChI is InChI=1S/C14H26N2O/c1-11-4-6-12(7-5-11)10-15-13(17)14(2)8-3-9-16-14/h11-12,16H,3-10H2,1-2H3,(H,15,17). The molecule has 0 aromatic carbocycles. The summed E-state index contributed by atoms with van der Waals surface area (Å²) in [5.74, 6) is 1.80. The van der Waals surface area contributed by atoms with Crippen molar-refractivity contribution >= 4 is 5.91 Å². The molecule has 98 valence electrons. The van der Waals surface area contributed by atoms with Gasteiger partial charge in [0.25, 0.3) is 0 Å². The Labute approximate surface area is 105 Å². The molecular formula is C14H26N2O. The fraction of sp³-hybridized carbons (Fsp3) is 0.929. The van der Waals surface area contributed by atoms with Crippen LogP contribution in [0, 0.1) is 11.8 Å². The van der Waals surface area contributed by atoms with Gasteiger partial charge in [-0.25, -0.2) is 0 Å². The van der Waals surface area contributed by atoms with Crippen molar-refractivity contribution in [2.75, 3.05) is 13.1 Å². The molecule has 0 aromatic heterocycles.